The first-order valence-electron chi connectivity index (χ1n) is 8.43. The summed E-state index contributed by atoms with van der Waals surface area (Å²) >= 11 is 0. The van der Waals surface area contributed by atoms with E-state index in [9.17, 15) is 4.79 Å². The molecule has 1 aromatic heterocycles. The summed E-state index contributed by atoms with van der Waals surface area (Å²) in [6.45, 7) is 4.75. The number of fused-ring (bicyclic) bond motifs is 2. The van der Waals surface area contributed by atoms with Crippen LogP contribution in [0.2, 0.25) is 0 Å². The number of aromatic nitrogens is 1. The van der Waals surface area contributed by atoms with Crippen molar-refractivity contribution >= 4 is 22.6 Å². The van der Waals surface area contributed by atoms with Crippen LogP contribution < -0.4 is 9.64 Å². The number of nitrogens with zero attached hydrogens (tertiary/aromatic N) is 2. The Kier molecular flexibility index (Phi) is 3.68. The van der Waals surface area contributed by atoms with Crippen molar-refractivity contribution in [1.29, 1.82) is 0 Å². The van der Waals surface area contributed by atoms with Crippen LogP contribution in [0.1, 0.15) is 27.0 Å². The third-order valence-corrected chi connectivity index (χ3v) is 4.94. The van der Waals surface area contributed by atoms with Crippen molar-refractivity contribution in [1.82, 2.24) is 4.98 Å². The Morgan fingerprint density at radius 1 is 1.08 bits per heavy atom. The number of carbonyl (C=O) groups is 1. The van der Waals surface area contributed by atoms with Crippen LogP contribution in [0, 0.1) is 13.8 Å². The molecule has 0 atom stereocenters. The summed E-state index contributed by atoms with van der Waals surface area (Å²) < 4.78 is 5.29. The Bertz CT molecular complexity index is 995. The molecule has 0 radical (unpaired) electrons. The van der Waals surface area contributed by atoms with Crippen LogP contribution >= 0.6 is 0 Å². The van der Waals surface area contributed by atoms with Crippen molar-refractivity contribution in [3.8, 4) is 5.75 Å². The molecule has 0 unspecified atom stereocenters. The molecular formula is C21H20N2O2. The van der Waals surface area contributed by atoms with Crippen LogP contribution in [0.15, 0.2) is 42.5 Å². The number of aryl methyl sites for hydroxylation is 2. The van der Waals surface area contributed by atoms with Crippen LogP contribution in [0.5, 0.6) is 5.75 Å². The van der Waals surface area contributed by atoms with E-state index in [1.807, 2.05) is 43.3 Å². The van der Waals surface area contributed by atoms with Crippen LogP contribution in [-0.4, -0.2) is 24.5 Å². The van der Waals surface area contributed by atoms with E-state index in [0.717, 1.165) is 40.0 Å². The minimum absolute atomic E-state index is 0.0107. The van der Waals surface area contributed by atoms with Gasteiger partial charge in [0.15, 0.2) is 0 Å². The first-order valence-corrected chi connectivity index (χ1v) is 8.43. The summed E-state index contributed by atoms with van der Waals surface area (Å²) in [4.78, 5) is 19.5. The molecule has 1 aliphatic rings. The van der Waals surface area contributed by atoms with Gasteiger partial charge >= 0.3 is 0 Å². The van der Waals surface area contributed by atoms with Gasteiger partial charge in [-0.2, -0.15) is 0 Å². The largest absolute Gasteiger partial charge is 0.497 e. The molecule has 0 fully saturated rings. The molecule has 2 heterocycles. The minimum atomic E-state index is 0.0107. The minimum Gasteiger partial charge on any atom is -0.497 e. The lowest BCUT2D eigenvalue weighted by Crippen LogP contribution is -2.29. The van der Waals surface area contributed by atoms with Gasteiger partial charge in [-0.1, -0.05) is 6.07 Å². The number of amides is 1. The summed E-state index contributed by atoms with van der Waals surface area (Å²) in [6, 6.07) is 13.8. The Labute approximate surface area is 147 Å². The second-order valence-electron chi connectivity index (χ2n) is 6.54. The number of pyridine rings is 1. The van der Waals surface area contributed by atoms with Crippen molar-refractivity contribution in [2.75, 3.05) is 18.6 Å². The van der Waals surface area contributed by atoms with Gasteiger partial charge in [0.25, 0.3) is 5.91 Å². The van der Waals surface area contributed by atoms with Crippen molar-refractivity contribution < 1.29 is 9.53 Å². The molecule has 4 nitrogen and oxygen atoms in total. The SMILES string of the molecule is COc1ccc2cc3c(nc2c1)N(C(=O)c1ccc(C)c(C)c1)CC3. The molecule has 1 aliphatic heterocycles. The highest BCUT2D eigenvalue weighted by Gasteiger charge is 2.27. The predicted molar refractivity (Wildman–Crippen MR) is 99.6 cm³/mol. The van der Waals surface area contributed by atoms with Crippen molar-refractivity contribution in [2.45, 2.75) is 20.3 Å². The van der Waals surface area contributed by atoms with Gasteiger partial charge in [-0.3, -0.25) is 9.69 Å². The molecule has 2 aromatic carbocycles. The summed E-state index contributed by atoms with van der Waals surface area (Å²) in [5.74, 6) is 1.55. The maximum atomic E-state index is 13.0. The van der Waals surface area contributed by atoms with Crippen molar-refractivity contribution in [2.24, 2.45) is 0 Å². The monoisotopic (exact) mass is 332 g/mol. The lowest BCUT2D eigenvalue weighted by atomic mass is 10.1. The summed E-state index contributed by atoms with van der Waals surface area (Å²) in [7, 11) is 1.64. The maximum absolute atomic E-state index is 13.0. The van der Waals surface area contributed by atoms with Gasteiger partial charge in [-0.25, -0.2) is 4.98 Å². The Morgan fingerprint density at radius 2 is 1.92 bits per heavy atom. The lowest BCUT2D eigenvalue weighted by Gasteiger charge is -2.17. The summed E-state index contributed by atoms with van der Waals surface area (Å²) in [5, 5.41) is 1.07. The van der Waals surface area contributed by atoms with Gasteiger partial charge in [0, 0.05) is 23.6 Å². The van der Waals surface area contributed by atoms with Gasteiger partial charge in [-0.15, -0.1) is 0 Å². The average molecular weight is 332 g/mol. The summed E-state index contributed by atoms with van der Waals surface area (Å²) in [6.07, 6.45) is 0.834. The standard InChI is InChI=1S/C21H20N2O2/c1-13-4-5-17(10-14(13)2)21(24)23-9-8-16-11-15-6-7-18(25-3)12-19(15)22-20(16)23/h4-7,10-12H,8-9H2,1-3H3. The normalized spacial score (nSPS) is 13.2. The van der Waals surface area contributed by atoms with E-state index in [4.69, 9.17) is 9.72 Å². The van der Waals surface area contributed by atoms with Crippen LogP contribution in [0.25, 0.3) is 10.9 Å². The van der Waals surface area contributed by atoms with Gasteiger partial charge < -0.3 is 4.74 Å². The highest BCUT2D eigenvalue weighted by molar-refractivity contribution is 6.07. The van der Waals surface area contributed by atoms with E-state index >= 15 is 0 Å². The molecule has 0 aliphatic carbocycles. The highest BCUT2D eigenvalue weighted by atomic mass is 16.5. The Morgan fingerprint density at radius 3 is 2.68 bits per heavy atom. The first kappa shape index (κ1) is 15.6. The van der Waals surface area contributed by atoms with Gasteiger partial charge in [-0.05, 0) is 67.3 Å². The number of methoxy groups -OCH3 is 1. The van der Waals surface area contributed by atoms with Gasteiger partial charge in [0.1, 0.15) is 11.6 Å². The van der Waals surface area contributed by atoms with E-state index in [0.29, 0.717) is 12.1 Å². The first-order chi connectivity index (χ1) is 12.1. The number of benzene rings is 2. The molecule has 0 saturated carbocycles. The number of ether oxygens (including phenoxy) is 1. The second-order valence-corrected chi connectivity index (χ2v) is 6.54. The van der Waals surface area contributed by atoms with Crippen LogP contribution in [0.4, 0.5) is 5.82 Å². The Balaban J connectivity index is 1.76. The smallest absolute Gasteiger partial charge is 0.259 e. The number of hydrogen-bond donors (Lipinski definition) is 0. The van der Waals surface area contributed by atoms with E-state index in [1.54, 1.807) is 12.0 Å². The number of carbonyl (C=O) groups excluding carboxylic acids is 1. The molecule has 126 valence electrons. The quantitative estimate of drug-likeness (QED) is 0.710. The molecule has 25 heavy (non-hydrogen) atoms. The third kappa shape index (κ3) is 2.64. The molecule has 3 aromatic rings. The molecular weight excluding hydrogens is 312 g/mol. The predicted octanol–water partition coefficient (Wildman–Crippen LogP) is 4.06. The molecule has 4 rings (SSSR count). The zero-order valence-electron chi connectivity index (χ0n) is 14.7. The van der Waals surface area contributed by atoms with Gasteiger partial charge in [0.2, 0.25) is 0 Å². The summed E-state index contributed by atoms with van der Waals surface area (Å²) in [5.41, 5.74) is 4.99. The molecule has 4 heteroatoms. The fourth-order valence-corrected chi connectivity index (χ4v) is 3.29. The van der Waals surface area contributed by atoms with E-state index in [1.165, 1.54) is 5.56 Å². The zero-order valence-corrected chi connectivity index (χ0v) is 14.7. The third-order valence-electron chi connectivity index (χ3n) is 4.94. The lowest BCUT2D eigenvalue weighted by molar-refractivity contribution is 0.0988. The van der Waals surface area contributed by atoms with E-state index in [-0.39, 0.29) is 5.91 Å². The topological polar surface area (TPSA) is 42.4 Å². The molecule has 0 spiro atoms. The molecule has 0 saturated heterocycles. The van der Waals surface area contributed by atoms with E-state index < -0.39 is 0 Å². The van der Waals surface area contributed by atoms with Crippen molar-refractivity contribution in [3.05, 3.63) is 64.7 Å². The Hall–Kier alpha value is -2.88. The maximum Gasteiger partial charge on any atom is 0.259 e. The second kappa shape index (κ2) is 5.88. The van der Waals surface area contributed by atoms with Crippen molar-refractivity contribution in [3.63, 3.8) is 0 Å². The molecule has 0 bridgehead atoms. The number of rotatable bonds is 2. The average Bonchev–Trinajstić information content (AvgIpc) is 3.03. The van der Waals surface area contributed by atoms with Crippen LogP contribution in [0.3, 0.4) is 0 Å². The van der Waals surface area contributed by atoms with E-state index in [2.05, 4.69) is 13.0 Å². The number of hydrogen-bond acceptors (Lipinski definition) is 3. The highest BCUT2D eigenvalue weighted by Crippen LogP contribution is 2.32. The fourth-order valence-electron chi connectivity index (χ4n) is 3.29. The molecule has 1 amide bonds. The molecule has 0 N–H and O–H groups in total. The van der Waals surface area contributed by atoms with Gasteiger partial charge in [0.05, 0.1) is 12.6 Å². The van der Waals surface area contributed by atoms with Crippen LogP contribution in [-0.2, 0) is 6.42 Å². The fraction of sp³-hybridized carbons (Fsp3) is 0.238. The zero-order chi connectivity index (χ0) is 17.6. The number of anilines is 1.